The van der Waals surface area contributed by atoms with Crippen molar-refractivity contribution in [1.29, 1.82) is 0 Å². The number of nitrogens with one attached hydrogen (secondary N) is 3. The van der Waals surface area contributed by atoms with Crippen LogP contribution in [0.5, 0.6) is 5.75 Å². The van der Waals surface area contributed by atoms with Crippen LogP contribution in [0.2, 0.25) is 0 Å². The van der Waals surface area contributed by atoms with Gasteiger partial charge in [-0.2, -0.15) is 0 Å². The number of amides is 3. The van der Waals surface area contributed by atoms with E-state index < -0.39 is 79.6 Å². The summed E-state index contributed by atoms with van der Waals surface area (Å²) in [5.41, 5.74) is 6.46. The van der Waals surface area contributed by atoms with E-state index in [9.17, 15) is 33.9 Å². The molecule has 3 amide bonds. The summed E-state index contributed by atoms with van der Waals surface area (Å²) >= 11 is 0. The maximum absolute atomic E-state index is 12.7. The molecule has 0 spiro atoms. The summed E-state index contributed by atoms with van der Waals surface area (Å²) in [4.78, 5) is 69.9. The van der Waals surface area contributed by atoms with Gasteiger partial charge in [0.05, 0.1) is 12.5 Å². The average molecular weight is 482 g/mol. The highest BCUT2D eigenvalue weighted by molar-refractivity contribution is 5.95. The number of phenols is 1. The Morgan fingerprint density at radius 1 is 0.794 bits per heavy atom. The molecule has 0 bridgehead atoms. The van der Waals surface area contributed by atoms with Crippen molar-refractivity contribution in [2.24, 2.45) is 5.73 Å². The molecule has 1 aromatic rings. The second-order valence-electron chi connectivity index (χ2n) is 7.24. The van der Waals surface area contributed by atoms with Crippen LogP contribution in [-0.4, -0.2) is 80.7 Å². The molecule has 0 saturated heterocycles. The van der Waals surface area contributed by atoms with Gasteiger partial charge in [-0.1, -0.05) is 12.1 Å². The highest BCUT2D eigenvalue weighted by Crippen LogP contribution is 2.11. The molecule has 3 atom stereocenters. The largest absolute Gasteiger partial charge is 0.508 e. The van der Waals surface area contributed by atoms with Gasteiger partial charge < -0.3 is 42.1 Å². The number of benzene rings is 1. The molecule has 0 fully saturated rings. The number of hydrogen-bond acceptors (Lipinski definition) is 8. The molecule has 186 valence electrons. The lowest BCUT2D eigenvalue weighted by molar-refractivity contribution is -0.141. The van der Waals surface area contributed by atoms with Crippen LogP contribution in [0.15, 0.2) is 24.3 Å². The van der Waals surface area contributed by atoms with Gasteiger partial charge in [-0.05, 0) is 30.5 Å². The first-order chi connectivity index (χ1) is 15.9. The number of carbonyl (C=O) groups excluding carboxylic acids is 3. The lowest BCUT2D eigenvalue weighted by Gasteiger charge is -2.23. The summed E-state index contributed by atoms with van der Waals surface area (Å²) in [6.07, 6.45) is -1.80. The van der Waals surface area contributed by atoms with Crippen molar-refractivity contribution in [1.82, 2.24) is 16.0 Å². The maximum Gasteiger partial charge on any atom is 0.322 e. The van der Waals surface area contributed by atoms with E-state index in [1.807, 2.05) is 5.32 Å². The topological polar surface area (TPSA) is 245 Å². The molecule has 34 heavy (non-hydrogen) atoms. The summed E-state index contributed by atoms with van der Waals surface area (Å²) in [5, 5.41) is 42.2. The minimum Gasteiger partial charge on any atom is -0.508 e. The summed E-state index contributed by atoms with van der Waals surface area (Å²) in [6, 6.07) is 1.53. The average Bonchev–Trinajstić information content (AvgIpc) is 2.75. The monoisotopic (exact) mass is 482 g/mol. The zero-order valence-electron chi connectivity index (χ0n) is 17.9. The minimum atomic E-state index is -1.68. The van der Waals surface area contributed by atoms with Crippen LogP contribution >= 0.6 is 0 Å². The highest BCUT2D eigenvalue weighted by atomic mass is 16.4. The fraction of sp³-hybridized carbons (Fsp3) is 0.400. The van der Waals surface area contributed by atoms with Gasteiger partial charge in [0.25, 0.3) is 0 Å². The van der Waals surface area contributed by atoms with Crippen LogP contribution in [0.1, 0.15) is 24.8 Å². The number of rotatable bonds is 14. The van der Waals surface area contributed by atoms with Crippen molar-refractivity contribution in [2.45, 2.75) is 43.8 Å². The Morgan fingerprint density at radius 3 is 1.91 bits per heavy atom. The van der Waals surface area contributed by atoms with Crippen LogP contribution in [0.25, 0.3) is 0 Å². The Labute approximate surface area is 193 Å². The van der Waals surface area contributed by atoms with E-state index in [2.05, 4.69) is 10.6 Å². The molecular weight excluding hydrogens is 456 g/mol. The van der Waals surface area contributed by atoms with Gasteiger partial charge in [0, 0.05) is 6.42 Å². The smallest absolute Gasteiger partial charge is 0.322 e. The molecule has 9 N–H and O–H groups in total. The van der Waals surface area contributed by atoms with Gasteiger partial charge in [0.15, 0.2) is 0 Å². The van der Waals surface area contributed by atoms with Gasteiger partial charge in [-0.3, -0.25) is 28.8 Å². The summed E-state index contributed by atoms with van der Waals surface area (Å²) in [7, 11) is 0. The van der Waals surface area contributed by atoms with E-state index in [1.54, 1.807) is 0 Å². The number of carboxylic acid groups (broad SMARTS) is 3. The Kier molecular flexibility index (Phi) is 10.9. The van der Waals surface area contributed by atoms with E-state index in [0.717, 1.165) is 0 Å². The molecule has 0 heterocycles. The normalized spacial score (nSPS) is 13.1. The Hall–Kier alpha value is -4.20. The third-order valence-electron chi connectivity index (χ3n) is 4.43. The Balaban J connectivity index is 2.91. The second kappa shape index (κ2) is 13.4. The van der Waals surface area contributed by atoms with Gasteiger partial charge in [-0.15, -0.1) is 0 Å². The van der Waals surface area contributed by atoms with E-state index in [1.165, 1.54) is 24.3 Å². The number of hydrogen-bond donors (Lipinski definition) is 8. The summed E-state index contributed by atoms with van der Waals surface area (Å²) in [5.74, 6) is -7.10. The minimum absolute atomic E-state index is 0.00971. The standard InChI is InChI=1S/C20H26N4O10/c21-12(7-10-1-3-11(25)4-2-10)18(32)23-13(5-6-15(26)27)20(34)24-14(8-16(28)29)19(33)22-9-17(30)31/h1-4,12-14,25H,5-9,21H2,(H,22,33)(H,23,32)(H,24,34)(H,26,27)(H,28,29)(H,30,31). The molecule has 14 nitrogen and oxygen atoms in total. The van der Waals surface area contributed by atoms with Crippen LogP contribution < -0.4 is 21.7 Å². The zero-order valence-corrected chi connectivity index (χ0v) is 17.9. The third kappa shape index (κ3) is 10.4. The van der Waals surface area contributed by atoms with E-state index >= 15 is 0 Å². The van der Waals surface area contributed by atoms with Crippen molar-refractivity contribution in [3.05, 3.63) is 29.8 Å². The number of aromatic hydroxyl groups is 1. The predicted octanol–water partition coefficient (Wildman–Crippen LogP) is -2.23. The number of aliphatic carboxylic acids is 3. The first-order valence-corrected chi connectivity index (χ1v) is 9.96. The lowest BCUT2D eigenvalue weighted by atomic mass is 10.0. The molecule has 0 radical (unpaired) electrons. The Bertz CT molecular complexity index is 918. The molecule has 14 heteroatoms. The summed E-state index contributed by atoms with van der Waals surface area (Å²) < 4.78 is 0. The van der Waals surface area contributed by atoms with Crippen molar-refractivity contribution in [2.75, 3.05) is 6.54 Å². The van der Waals surface area contributed by atoms with E-state index in [4.69, 9.17) is 21.1 Å². The third-order valence-corrected chi connectivity index (χ3v) is 4.43. The Morgan fingerprint density at radius 2 is 1.38 bits per heavy atom. The quantitative estimate of drug-likeness (QED) is 0.141. The molecule has 3 unspecified atom stereocenters. The molecule has 0 aliphatic carbocycles. The van der Waals surface area contributed by atoms with Gasteiger partial charge in [-0.25, -0.2) is 0 Å². The van der Waals surface area contributed by atoms with E-state index in [-0.39, 0.29) is 12.2 Å². The van der Waals surface area contributed by atoms with Crippen LogP contribution in [0.4, 0.5) is 0 Å². The number of carboxylic acids is 3. The maximum atomic E-state index is 12.7. The molecule has 0 aromatic heterocycles. The number of nitrogens with two attached hydrogens (primary N) is 1. The number of phenolic OH excluding ortho intramolecular Hbond substituents is 1. The fourth-order valence-corrected chi connectivity index (χ4v) is 2.74. The molecule has 1 rings (SSSR count). The highest BCUT2D eigenvalue weighted by Gasteiger charge is 2.30. The molecule has 0 aliphatic rings. The van der Waals surface area contributed by atoms with Crippen molar-refractivity contribution in [3.63, 3.8) is 0 Å². The van der Waals surface area contributed by atoms with Crippen molar-refractivity contribution < 1.29 is 49.2 Å². The van der Waals surface area contributed by atoms with Gasteiger partial charge in [0.1, 0.15) is 24.4 Å². The van der Waals surface area contributed by atoms with Gasteiger partial charge >= 0.3 is 17.9 Å². The fourth-order valence-electron chi connectivity index (χ4n) is 2.74. The molecule has 1 aromatic carbocycles. The summed E-state index contributed by atoms with van der Waals surface area (Å²) in [6.45, 7) is -0.823. The van der Waals surface area contributed by atoms with Crippen LogP contribution in [0, 0.1) is 0 Å². The second-order valence-corrected chi connectivity index (χ2v) is 7.24. The van der Waals surface area contributed by atoms with Crippen LogP contribution in [0.3, 0.4) is 0 Å². The zero-order chi connectivity index (χ0) is 25.8. The van der Waals surface area contributed by atoms with E-state index in [0.29, 0.717) is 5.56 Å². The van der Waals surface area contributed by atoms with Gasteiger partial charge in [0.2, 0.25) is 17.7 Å². The molecule has 0 aliphatic heterocycles. The number of carbonyl (C=O) groups is 6. The SMILES string of the molecule is NC(Cc1ccc(O)cc1)C(=O)NC(CCC(=O)O)C(=O)NC(CC(=O)O)C(=O)NCC(=O)O. The predicted molar refractivity (Wildman–Crippen MR) is 113 cm³/mol. The molecule has 0 saturated carbocycles. The first-order valence-electron chi connectivity index (χ1n) is 9.96. The van der Waals surface area contributed by atoms with Crippen LogP contribution in [-0.2, 0) is 35.2 Å². The van der Waals surface area contributed by atoms with Crippen molar-refractivity contribution in [3.8, 4) is 5.75 Å². The first kappa shape index (κ1) is 27.8. The lowest BCUT2D eigenvalue weighted by Crippen LogP contribution is -2.56. The van der Waals surface area contributed by atoms with Crippen molar-refractivity contribution >= 4 is 35.6 Å². The molecular formula is C20H26N4O10.